The van der Waals surface area contributed by atoms with Crippen molar-refractivity contribution in [3.05, 3.63) is 16.0 Å². The molecule has 4 nitrogen and oxygen atoms in total. The summed E-state index contributed by atoms with van der Waals surface area (Å²) in [6.07, 6.45) is 5.53. The zero-order chi connectivity index (χ0) is 12.5. The fourth-order valence-electron chi connectivity index (χ4n) is 2.43. The number of nitrogens with two attached hydrogens (primary N) is 1. The van der Waals surface area contributed by atoms with E-state index in [1.165, 1.54) is 6.42 Å². The van der Waals surface area contributed by atoms with Gasteiger partial charge in [-0.1, -0.05) is 19.3 Å². The lowest BCUT2D eigenvalue weighted by atomic mass is 9.84. The molecule has 2 rings (SSSR count). The number of halogens is 1. The van der Waals surface area contributed by atoms with Gasteiger partial charge in [0.05, 0.1) is 10.2 Å². The number of hydrogen-bond donors (Lipinski definition) is 1. The number of anilines is 1. The van der Waals surface area contributed by atoms with Crippen LogP contribution in [-0.2, 0) is 10.3 Å². The first kappa shape index (κ1) is 12.8. The van der Waals surface area contributed by atoms with E-state index in [0.29, 0.717) is 5.82 Å². The Morgan fingerprint density at radius 2 is 1.88 bits per heavy atom. The molecule has 0 unspecified atom stereocenters. The molecular weight excluding hydrogens is 282 g/mol. The molecule has 1 heterocycles. The van der Waals surface area contributed by atoms with Gasteiger partial charge in [0.2, 0.25) is 0 Å². The van der Waals surface area contributed by atoms with Crippen molar-refractivity contribution in [3.8, 4) is 0 Å². The Morgan fingerprint density at radius 1 is 1.24 bits per heavy atom. The molecule has 5 heteroatoms. The Bertz CT molecular complexity index is 393. The van der Waals surface area contributed by atoms with Gasteiger partial charge in [-0.3, -0.25) is 0 Å². The summed E-state index contributed by atoms with van der Waals surface area (Å²) in [5.74, 6) is 1.23. The van der Waals surface area contributed by atoms with Gasteiger partial charge >= 0.3 is 0 Å². The van der Waals surface area contributed by atoms with Crippen molar-refractivity contribution in [2.24, 2.45) is 0 Å². The summed E-state index contributed by atoms with van der Waals surface area (Å²) in [5.41, 5.74) is 6.42. The first-order valence-corrected chi connectivity index (χ1v) is 6.73. The Labute approximate surface area is 110 Å². The Balaban J connectivity index is 2.43. The smallest absolute Gasteiger partial charge is 0.162 e. The third kappa shape index (κ3) is 2.31. The summed E-state index contributed by atoms with van der Waals surface area (Å²) in [6.45, 7) is 1.93. The van der Waals surface area contributed by atoms with Crippen molar-refractivity contribution in [1.82, 2.24) is 9.97 Å². The summed E-state index contributed by atoms with van der Waals surface area (Å²) in [7, 11) is 1.74. The molecule has 1 saturated carbocycles. The SMILES string of the molecule is COC1(c2nc(C)c(Br)c(N)n2)CCCCC1. The van der Waals surface area contributed by atoms with E-state index in [2.05, 4.69) is 25.9 Å². The second-order valence-corrected chi connectivity index (χ2v) is 5.38. The lowest BCUT2D eigenvalue weighted by Gasteiger charge is -2.34. The lowest BCUT2D eigenvalue weighted by molar-refractivity contribution is -0.0515. The van der Waals surface area contributed by atoms with E-state index in [4.69, 9.17) is 10.5 Å². The zero-order valence-electron chi connectivity index (χ0n) is 10.3. The maximum atomic E-state index is 5.89. The third-order valence-corrected chi connectivity index (χ3v) is 4.48. The highest BCUT2D eigenvalue weighted by atomic mass is 79.9. The van der Waals surface area contributed by atoms with Gasteiger partial charge in [-0.15, -0.1) is 0 Å². The Hall–Kier alpha value is -0.680. The number of rotatable bonds is 2. The molecule has 94 valence electrons. The standard InChI is InChI=1S/C12H18BrN3O/c1-8-9(13)10(14)16-11(15-8)12(17-2)6-4-3-5-7-12/h3-7H2,1-2H3,(H2,14,15,16). The fraction of sp³-hybridized carbons (Fsp3) is 0.667. The third-order valence-electron chi connectivity index (χ3n) is 3.50. The molecule has 0 radical (unpaired) electrons. The summed E-state index contributed by atoms with van der Waals surface area (Å²) < 4.78 is 6.50. The topological polar surface area (TPSA) is 61.0 Å². The maximum absolute atomic E-state index is 5.89. The monoisotopic (exact) mass is 299 g/mol. The van der Waals surface area contributed by atoms with Crippen LogP contribution in [0.5, 0.6) is 0 Å². The molecule has 0 spiro atoms. The molecule has 1 aromatic heterocycles. The molecule has 0 aromatic carbocycles. The highest BCUT2D eigenvalue weighted by molar-refractivity contribution is 9.10. The van der Waals surface area contributed by atoms with E-state index in [1.54, 1.807) is 7.11 Å². The molecule has 1 aliphatic rings. The largest absolute Gasteiger partial charge is 0.383 e. The fourth-order valence-corrected chi connectivity index (χ4v) is 2.60. The average Bonchev–Trinajstić information content (AvgIpc) is 2.36. The van der Waals surface area contributed by atoms with Crippen LogP contribution < -0.4 is 5.73 Å². The van der Waals surface area contributed by atoms with Crippen LogP contribution in [0.15, 0.2) is 4.47 Å². The van der Waals surface area contributed by atoms with Crippen LogP contribution in [0.4, 0.5) is 5.82 Å². The van der Waals surface area contributed by atoms with E-state index in [-0.39, 0.29) is 5.60 Å². The minimum Gasteiger partial charge on any atom is -0.383 e. The van der Waals surface area contributed by atoms with Crippen molar-refractivity contribution in [2.45, 2.75) is 44.6 Å². The van der Waals surface area contributed by atoms with Crippen molar-refractivity contribution >= 4 is 21.7 Å². The van der Waals surface area contributed by atoms with Gasteiger partial charge in [-0.25, -0.2) is 9.97 Å². The summed E-state index contributed by atoms with van der Waals surface area (Å²) >= 11 is 3.39. The number of hydrogen-bond acceptors (Lipinski definition) is 4. The second kappa shape index (κ2) is 4.90. The molecular formula is C12H18BrN3O. The van der Waals surface area contributed by atoms with Crippen LogP contribution in [-0.4, -0.2) is 17.1 Å². The van der Waals surface area contributed by atoms with E-state index >= 15 is 0 Å². The first-order valence-electron chi connectivity index (χ1n) is 5.94. The molecule has 0 bridgehead atoms. The molecule has 0 aliphatic heterocycles. The number of ether oxygens (including phenoxy) is 1. The number of aryl methyl sites for hydroxylation is 1. The van der Waals surface area contributed by atoms with Crippen LogP contribution in [0.25, 0.3) is 0 Å². The van der Waals surface area contributed by atoms with Gasteiger partial charge in [0.15, 0.2) is 5.82 Å². The Kier molecular flexibility index (Phi) is 3.68. The van der Waals surface area contributed by atoms with Gasteiger partial charge in [0.1, 0.15) is 11.4 Å². The maximum Gasteiger partial charge on any atom is 0.162 e. The molecule has 2 N–H and O–H groups in total. The van der Waals surface area contributed by atoms with Crippen LogP contribution >= 0.6 is 15.9 Å². The normalized spacial score (nSPS) is 19.2. The molecule has 0 saturated heterocycles. The van der Waals surface area contributed by atoms with Gasteiger partial charge in [-0.2, -0.15) is 0 Å². The van der Waals surface area contributed by atoms with Crippen molar-refractivity contribution < 1.29 is 4.74 Å². The first-order chi connectivity index (χ1) is 8.09. The predicted molar refractivity (Wildman–Crippen MR) is 70.7 cm³/mol. The summed E-state index contributed by atoms with van der Waals surface area (Å²) in [4.78, 5) is 8.93. The minimum absolute atomic E-state index is 0.335. The van der Waals surface area contributed by atoms with Crippen LogP contribution in [0.2, 0.25) is 0 Å². The van der Waals surface area contributed by atoms with Crippen molar-refractivity contribution in [3.63, 3.8) is 0 Å². The van der Waals surface area contributed by atoms with E-state index in [0.717, 1.165) is 41.7 Å². The van der Waals surface area contributed by atoms with Gasteiger partial charge in [-0.05, 0) is 35.7 Å². The molecule has 1 aromatic rings. The quantitative estimate of drug-likeness (QED) is 0.912. The molecule has 0 atom stereocenters. The zero-order valence-corrected chi connectivity index (χ0v) is 11.9. The van der Waals surface area contributed by atoms with Gasteiger partial charge < -0.3 is 10.5 Å². The minimum atomic E-state index is -0.335. The number of nitrogen functional groups attached to an aromatic ring is 1. The molecule has 0 amide bonds. The van der Waals surface area contributed by atoms with Crippen LogP contribution in [0.3, 0.4) is 0 Å². The lowest BCUT2D eigenvalue weighted by Crippen LogP contribution is -2.33. The van der Waals surface area contributed by atoms with Gasteiger partial charge in [0.25, 0.3) is 0 Å². The summed E-state index contributed by atoms with van der Waals surface area (Å²) in [5, 5.41) is 0. The van der Waals surface area contributed by atoms with Crippen molar-refractivity contribution in [1.29, 1.82) is 0 Å². The Morgan fingerprint density at radius 3 is 2.41 bits per heavy atom. The van der Waals surface area contributed by atoms with E-state index < -0.39 is 0 Å². The van der Waals surface area contributed by atoms with Crippen molar-refractivity contribution in [2.75, 3.05) is 12.8 Å². The molecule has 1 fully saturated rings. The molecule has 17 heavy (non-hydrogen) atoms. The van der Waals surface area contributed by atoms with E-state index in [9.17, 15) is 0 Å². The van der Waals surface area contributed by atoms with Gasteiger partial charge in [0, 0.05) is 7.11 Å². The summed E-state index contributed by atoms with van der Waals surface area (Å²) in [6, 6.07) is 0. The highest BCUT2D eigenvalue weighted by Gasteiger charge is 2.37. The number of nitrogens with zero attached hydrogens (tertiary/aromatic N) is 2. The number of methoxy groups -OCH3 is 1. The number of aromatic nitrogens is 2. The predicted octanol–water partition coefficient (Wildman–Crippen LogP) is 2.94. The second-order valence-electron chi connectivity index (χ2n) is 4.59. The van der Waals surface area contributed by atoms with Crippen LogP contribution in [0, 0.1) is 6.92 Å². The average molecular weight is 300 g/mol. The van der Waals surface area contributed by atoms with Crippen LogP contribution in [0.1, 0.15) is 43.6 Å². The molecule has 1 aliphatic carbocycles. The van der Waals surface area contributed by atoms with E-state index in [1.807, 2.05) is 6.92 Å². The highest BCUT2D eigenvalue weighted by Crippen LogP contribution is 2.39.